The number of benzene rings is 3. The lowest BCUT2D eigenvalue weighted by atomic mass is 9.93. The molecular formula is C27H28ClN3S. The van der Waals surface area contributed by atoms with E-state index in [-0.39, 0.29) is 0 Å². The van der Waals surface area contributed by atoms with Crippen molar-refractivity contribution in [3.05, 3.63) is 89.0 Å². The number of unbranched alkanes of at least 4 members (excludes halogenated alkanes) is 1. The highest BCUT2D eigenvalue weighted by Crippen LogP contribution is 2.36. The fourth-order valence-corrected chi connectivity index (χ4v) is 5.00. The molecule has 0 saturated heterocycles. The molecule has 1 aliphatic carbocycles. The van der Waals surface area contributed by atoms with Gasteiger partial charge in [-0.1, -0.05) is 49.2 Å². The molecule has 0 atom stereocenters. The molecule has 1 aliphatic rings. The van der Waals surface area contributed by atoms with Gasteiger partial charge in [0.1, 0.15) is 0 Å². The Morgan fingerprint density at radius 1 is 1.09 bits per heavy atom. The third kappa shape index (κ3) is 5.20. The summed E-state index contributed by atoms with van der Waals surface area (Å²) in [5.41, 5.74) is 6.45. The minimum absolute atomic E-state index is 0.701. The number of allylic oxidation sites excluding steroid dienone is 1. The monoisotopic (exact) mass is 461 g/mol. The molecule has 0 aliphatic heterocycles. The van der Waals surface area contributed by atoms with Crippen molar-refractivity contribution in [3.8, 4) is 0 Å². The van der Waals surface area contributed by atoms with Crippen LogP contribution in [0.15, 0.2) is 82.8 Å². The van der Waals surface area contributed by atoms with Crippen LogP contribution in [-0.2, 0) is 6.42 Å². The highest BCUT2D eigenvalue weighted by molar-refractivity contribution is 7.99. The number of halogens is 1. The number of anilines is 3. The van der Waals surface area contributed by atoms with Gasteiger partial charge in [-0.05, 0) is 79.1 Å². The van der Waals surface area contributed by atoms with Gasteiger partial charge in [-0.15, -0.1) is 11.8 Å². The summed E-state index contributed by atoms with van der Waals surface area (Å²) in [6.07, 6.45) is 6.71. The fraction of sp³-hybridized carbons (Fsp3) is 0.222. The lowest BCUT2D eigenvalue weighted by molar-refractivity contribution is 0.896. The van der Waals surface area contributed by atoms with Gasteiger partial charge in [-0.25, -0.2) is 5.01 Å². The second-order valence-corrected chi connectivity index (χ2v) is 9.33. The van der Waals surface area contributed by atoms with E-state index >= 15 is 0 Å². The Hall–Kier alpha value is -2.69. The number of nitrogens with zero attached hydrogens (tertiary/aromatic N) is 2. The molecule has 3 aromatic rings. The van der Waals surface area contributed by atoms with Crippen LogP contribution in [0.25, 0.3) is 5.70 Å². The predicted octanol–water partition coefficient (Wildman–Crippen LogP) is 8.39. The van der Waals surface area contributed by atoms with Crippen LogP contribution in [0.4, 0.5) is 17.1 Å². The molecule has 0 amide bonds. The predicted molar refractivity (Wildman–Crippen MR) is 142 cm³/mol. The second kappa shape index (κ2) is 10.8. The van der Waals surface area contributed by atoms with Crippen molar-refractivity contribution < 1.29 is 0 Å². The van der Waals surface area contributed by atoms with E-state index in [1.54, 1.807) is 0 Å². The van der Waals surface area contributed by atoms with Crippen LogP contribution in [0.2, 0.25) is 5.02 Å². The Morgan fingerprint density at radius 3 is 2.66 bits per heavy atom. The van der Waals surface area contributed by atoms with E-state index in [1.807, 2.05) is 41.0 Å². The molecule has 0 saturated carbocycles. The van der Waals surface area contributed by atoms with Crippen molar-refractivity contribution in [2.75, 3.05) is 16.1 Å². The van der Waals surface area contributed by atoms with Gasteiger partial charge in [-0.2, -0.15) is 5.10 Å². The molecule has 5 heteroatoms. The van der Waals surface area contributed by atoms with Crippen LogP contribution in [0.3, 0.4) is 0 Å². The Balaban J connectivity index is 1.59. The number of hydrogen-bond donors (Lipinski definition) is 1. The molecule has 0 unspecified atom stereocenters. The molecule has 3 aromatic carbocycles. The molecule has 0 fully saturated rings. The molecule has 0 spiro atoms. The third-order valence-electron chi connectivity index (χ3n) is 5.51. The number of nitrogens with one attached hydrogen (secondary N) is 1. The summed E-state index contributed by atoms with van der Waals surface area (Å²) in [4.78, 5) is 1.29. The van der Waals surface area contributed by atoms with Gasteiger partial charge in [-0.3, -0.25) is 0 Å². The summed E-state index contributed by atoms with van der Waals surface area (Å²) in [5.74, 6) is 1.15. The molecule has 0 radical (unpaired) electrons. The zero-order chi connectivity index (χ0) is 22.3. The number of hydrazone groups is 1. The minimum atomic E-state index is 0.701. The standard InChI is InChI=1S/C27H28ClN3S/c1-3-4-18-32-23-16-14-22(15-17-23)31(29-2)27-11-7-8-20-12-13-21(19-24(20)27)30-26-10-6-5-9-25(26)28/h5-6,9-17,19,30H,2-4,7-8,18H2,1H3. The highest BCUT2D eigenvalue weighted by Gasteiger charge is 2.20. The first-order valence-electron chi connectivity index (χ1n) is 11.0. The second-order valence-electron chi connectivity index (χ2n) is 7.75. The summed E-state index contributed by atoms with van der Waals surface area (Å²) in [6.45, 7) is 6.09. The maximum atomic E-state index is 6.34. The number of rotatable bonds is 9. The van der Waals surface area contributed by atoms with Gasteiger partial charge in [0.25, 0.3) is 0 Å². The topological polar surface area (TPSA) is 27.6 Å². The summed E-state index contributed by atoms with van der Waals surface area (Å²) in [6, 6.07) is 22.9. The first-order chi connectivity index (χ1) is 15.7. The first-order valence-corrected chi connectivity index (χ1v) is 12.4. The summed E-state index contributed by atoms with van der Waals surface area (Å²) in [5, 5.41) is 10.5. The normalized spacial score (nSPS) is 12.6. The van der Waals surface area contributed by atoms with Gasteiger partial charge in [0.15, 0.2) is 0 Å². The summed E-state index contributed by atoms with van der Waals surface area (Å²) >= 11 is 8.25. The van der Waals surface area contributed by atoms with E-state index in [9.17, 15) is 0 Å². The number of para-hydroxylation sites is 1. The van der Waals surface area contributed by atoms with Gasteiger partial charge in [0, 0.05) is 22.9 Å². The van der Waals surface area contributed by atoms with Crippen LogP contribution in [0.1, 0.15) is 37.3 Å². The van der Waals surface area contributed by atoms with E-state index in [4.69, 9.17) is 11.6 Å². The Kier molecular flexibility index (Phi) is 7.56. The van der Waals surface area contributed by atoms with E-state index in [1.165, 1.54) is 28.9 Å². The molecular weight excluding hydrogens is 434 g/mol. The van der Waals surface area contributed by atoms with Crippen LogP contribution in [-0.4, -0.2) is 12.5 Å². The Labute approximate surface area is 200 Å². The Bertz CT molecular complexity index is 1110. The number of hydrogen-bond acceptors (Lipinski definition) is 4. The quantitative estimate of drug-likeness (QED) is 0.150. The number of aryl methyl sites for hydroxylation is 1. The Morgan fingerprint density at radius 2 is 1.91 bits per heavy atom. The van der Waals surface area contributed by atoms with Crippen molar-refractivity contribution in [3.63, 3.8) is 0 Å². The van der Waals surface area contributed by atoms with Crippen molar-refractivity contribution in [1.29, 1.82) is 0 Å². The maximum Gasteiger partial charge on any atom is 0.0688 e. The SMILES string of the molecule is C=NN(C1=CCCc2ccc(Nc3ccccc3Cl)cc21)c1ccc(SCCCC)cc1. The largest absolute Gasteiger partial charge is 0.354 e. The molecule has 0 heterocycles. The zero-order valence-electron chi connectivity index (χ0n) is 18.4. The van der Waals surface area contributed by atoms with Crippen molar-refractivity contribution in [2.45, 2.75) is 37.5 Å². The molecule has 0 bridgehead atoms. The average Bonchev–Trinajstić information content (AvgIpc) is 2.82. The smallest absolute Gasteiger partial charge is 0.0688 e. The average molecular weight is 462 g/mol. The van der Waals surface area contributed by atoms with Crippen molar-refractivity contribution >= 4 is 52.8 Å². The van der Waals surface area contributed by atoms with Crippen molar-refractivity contribution in [2.24, 2.45) is 5.10 Å². The zero-order valence-corrected chi connectivity index (χ0v) is 19.9. The fourth-order valence-electron chi connectivity index (χ4n) is 3.82. The van der Waals surface area contributed by atoms with Gasteiger partial charge in [0.2, 0.25) is 0 Å². The lowest BCUT2D eigenvalue weighted by Gasteiger charge is -2.27. The number of thioether (sulfide) groups is 1. The van der Waals surface area contributed by atoms with E-state index in [0.717, 1.165) is 41.4 Å². The third-order valence-corrected chi connectivity index (χ3v) is 6.94. The lowest BCUT2D eigenvalue weighted by Crippen LogP contribution is -2.17. The summed E-state index contributed by atoms with van der Waals surface area (Å²) < 4.78 is 0. The van der Waals surface area contributed by atoms with Gasteiger partial charge in [0.05, 0.1) is 22.1 Å². The molecule has 1 N–H and O–H groups in total. The molecule has 0 aromatic heterocycles. The van der Waals surface area contributed by atoms with Crippen LogP contribution in [0, 0.1) is 0 Å². The summed E-state index contributed by atoms with van der Waals surface area (Å²) in [7, 11) is 0. The molecule has 32 heavy (non-hydrogen) atoms. The van der Waals surface area contributed by atoms with Crippen molar-refractivity contribution in [1.82, 2.24) is 0 Å². The maximum absolute atomic E-state index is 6.34. The van der Waals surface area contributed by atoms with E-state index in [2.05, 4.69) is 72.6 Å². The molecule has 3 nitrogen and oxygen atoms in total. The van der Waals surface area contributed by atoms with E-state index in [0.29, 0.717) is 5.02 Å². The van der Waals surface area contributed by atoms with Gasteiger partial charge >= 0.3 is 0 Å². The van der Waals surface area contributed by atoms with Crippen LogP contribution < -0.4 is 10.3 Å². The van der Waals surface area contributed by atoms with Crippen LogP contribution in [0.5, 0.6) is 0 Å². The van der Waals surface area contributed by atoms with E-state index < -0.39 is 0 Å². The first kappa shape index (κ1) is 22.5. The van der Waals surface area contributed by atoms with Gasteiger partial charge < -0.3 is 5.32 Å². The molecule has 4 rings (SSSR count). The van der Waals surface area contributed by atoms with Crippen LogP contribution >= 0.6 is 23.4 Å². The highest BCUT2D eigenvalue weighted by atomic mass is 35.5. The molecule has 164 valence electrons. The number of fused-ring (bicyclic) bond motifs is 1. The minimum Gasteiger partial charge on any atom is -0.354 e.